The van der Waals surface area contributed by atoms with Crippen LogP contribution in [0.5, 0.6) is 0 Å². The molecule has 0 aliphatic heterocycles. The number of rotatable bonds is 4. The number of nitrogens with zero attached hydrogens (tertiary/aromatic N) is 2. The van der Waals surface area contributed by atoms with Crippen molar-refractivity contribution in [2.75, 3.05) is 0 Å². The van der Waals surface area contributed by atoms with Crippen LogP contribution in [0.3, 0.4) is 0 Å². The van der Waals surface area contributed by atoms with E-state index in [1.165, 1.54) is 5.56 Å². The van der Waals surface area contributed by atoms with Gasteiger partial charge >= 0.3 is 0 Å². The van der Waals surface area contributed by atoms with Gasteiger partial charge in [-0.25, -0.2) is 0 Å². The number of benzene rings is 1. The highest BCUT2D eigenvalue weighted by Gasteiger charge is 2.12. The molecule has 3 nitrogen and oxygen atoms in total. The van der Waals surface area contributed by atoms with Crippen molar-refractivity contribution in [1.29, 1.82) is 5.26 Å². The molecule has 0 aliphatic rings. The number of aromatic nitrogens is 1. The van der Waals surface area contributed by atoms with E-state index in [0.29, 0.717) is 18.4 Å². The van der Waals surface area contributed by atoms with Crippen molar-refractivity contribution in [1.82, 2.24) is 4.57 Å². The van der Waals surface area contributed by atoms with Gasteiger partial charge in [0.1, 0.15) is 11.6 Å². The Balaban J connectivity index is 2.57. The average molecular weight is 294 g/mol. The Morgan fingerprint density at radius 1 is 1.05 bits per heavy atom. The summed E-state index contributed by atoms with van der Waals surface area (Å²) < 4.78 is 1.72. The van der Waals surface area contributed by atoms with Gasteiger partial charge in [-0.3, -0.25) is 4.79 Å². The summed E-state index contributed by atoms with van der Waals surface area (Å²) in [5.41, 5.74) is 3.14. The lowest BCUT2D eigenvalue weighted by Gasteiger charge is -2.16. The summed E-state index contributed by atoms with van der Waals surface area (Å²) in [6, 6.07) is 13.8. The molecule has 0 saturated carbocycles. The molecule has 2 aromatic rings. The predicted octanol–water partition coefficient (Wildman–Crippen LogP) is 4.17. The first kappa shape index (κ1) is 16.0. The van der Waals surface area contributed by atoms with Gasteiger partial charge in [0.25, 0.3) is 5.56 Å². The highest BCUT2D eigenvalue weighted by Crippen LogP contribution is 2.22. The number of hydrogen-bond donors (Lipinski definition) is 0. The van der Waals surface area contributed by atoms with Gasteiger partial charge in [-0.1, -0.05) is 52.0 Å². The average Bonchev–Trinajstić information content (AvgIpc) is 2.49. The number of pyridine rings is 1. The Bertz CT molecular complexity index is 746. The van der Waals surface area contributed by atoms with Gasteiger partial charge in [0.05, 0.1) is 5.69 Å². The zero-order valence-electron chi connectivity index (χ0n) is 13.6. The summed E-state index contributed by atoms with van der Waals surface area (Å²) in [6.45, 7) is 9.06. The summed E-state index contributed by atoms with van der Waals surface area (Å²) in [5.74, 6) is 0.813. The fourth-order valence-electron chi connectivity index (χ4n) is 2.50. The molecule has 0 saturated heterocycles. The lowest BCUT2D eigenvalue weighted by Crippen LogP contribution is -2.26. The van der Waals surface area contributed by atoms with Crippen molar-refractivity contribution in [2.45, 2.75) is 40.2 Å². The maximum atomic E-state index is 12.4. The molecule has 0 bridgehead atoms. The summed E-state index contributed by atoms with van der Waals surface area (Å²) >= 11 is 0. The SMILES string of the molecule is CC(C)Cn1c(-c2ccc(C(C)C)cc2)ccc(C#N)c1=O. The molecule has 1 aromatic carbocycles. The number of nitriles is 1. The molecule has 1 aromatic heterocycles. The molecule has 0 atom stereocenters. The Hall–Kier alpha value is -2.34. The Morgan fingerprint density at radius 3 is 2.18 bits per heavy atom. The maximum absolute atomic E-state index is 12.4. The minimum Gasteiger partial charge on any atom is -0.307 e. The molecule has 3 heteroatoms. The fraction of sp³-hybridized carbons (Fsp3) is 0.368. The molecule has 0 unspecified atom stereocenters. The van der Waals surface area contributed by atoms with Crippen molar-refractivity contribution in [3.63, 3.8) is 0 Å². The molecule has 22 heavy (non-hydrogen) atoms. The van der Waals surface area contributed by atoms with Crippen molar-refractivity contribution < 1.29 is 0 Å². The lowest BCUT2D eigenvalue weighted by molar-refractivity contribution is 0.514. The molecule has 1 heterocycles. The van der Waals surface area contributed by atoms with Gasteiger partial charge in [0, 0.05) is 6.54 Å². The van der Waals surface area contributed by atoms with Crippen molar-refractivity contribution in [3.05, 3.63) is 57.9 Å². The quantitative estimate of drug-likeness (QED) is 0.849. The highest BCUT2D eigenvalue weighted by atomic mass is 16.1. The van der Waals surface area contributed by atoms with Gasteiger partial charge < -0.3 is 4.57 Å². The van der Waals surface area contributed by atoms with E-state index in [2.05, 4.69) is 39.8 Å². The molecule has 0 N–H and O–H groups in total. The second-order valence-electron chi connectivity index (χ2n) is 6.33. The molecule has 0 spiro atoms. The molecule has 2 rings (SSSR count). The Labute approximate surface area is 131 Å². The van der Waals surface area contributed by atoms with Crippen LogP contribution in [0.4, 0.5) is 0 Å². The second kappa shape index (κ2) is 6.62. The normalized spacial score (nSPS) is 11.0. The smallest absolute Gasteiger partial charge is 0.268 e. The standard InChI is InChI=1S/C19H22N2O/c1-13(2)12-21-18(10-9-17(11-20)19(21)22)16-7-5-15(6-8-16)14(3)4/h5-10,13-14H,12H2,1-4H3. The fourth-order valence-corrected chi connectivity index (χ4v) is 2.50. The molecular formula is C19H22N2O. The van der Waals surface area contributed by atoms with E-state index in [0.717, 1.165) is 11.3 Å². The van der Waals surface area contributed by atoms with Crippen molar-refractivity contribution in [2.24, 2.45) is 5.92 Å². The van der Waals surface area contributed by atoms with Gasteiger partial charge in [-0.15, -0.1) is 0 Å². The van der Waals surface area contributed by atoms with Crippen LogP contribution in [0.2, 0.25) is 0 Å². The van der Waals surface area contributed by atoms with E-state index < -0.39 is 0 Å². The van der Waals surface area contributed by atoms with Crippen LogP contribution in [-0.2, 0) is 6.54 Å². The van der Waals surface area contributed by atoms with E-state index >= 15 is 0 Å². The third-order valence-corrected chi connectivity index (χ3v) is 3.72. The van der Waals surface area contributed by atoms with Crippen LogP contribution in [-0.4, -0.2) is 4.57 Å². The first-order valence-electron chi connectivity index (χ1n) is 7.68. The van der Waals surface area contributed by atoms with Gasteiger partial charge in [-0.2, -0.15) is 5.26 Å². The summed E-state index contributed by atoms with van der Waals surface area (Å²) in [7, 11) is 0. The van der Waals surface area contributed by atoms with Crippen LogP contribution in [0.25, 0.3) is 11.3 Å². The topological polar surface area (TPSA) is 45.8 Å². The minimum atomic E-state index is -0.207. The monoisotopic (exact) mass is 294 g/mol. The third kappa shape index (κ3) is 3.28. The maximum Gasteiger partial charge on any atom is 0.268 e. The first-order chi connectivity index (χ1) is 10.4. The van der Waals surface area contributed by atoms with E-state index in [1.54, 1.807) is 10.6 Å². The zero-order chi connectivity index (χ0) is 16.3. The van der Waals surface area contributed by atoms with E-state index in [-0.39, 0.29) is 11.1 Å². The van der Waals surface area contributed by atoms with E-state index in [1.807, 2.05) is 24.3 Å². The summed E-state index contributed by atoms with van der Waals surface area (Å²) in [5, 5.41) is 9.07. The van der Waals surface area contributed by atoms with Crippen LogP contribution in [0, 0.1) is 17.2 Å². The van der Waals surface area contributed by atoms with Crippen molar-refractivity contribution >= 4 is 0 Å². The lowest BCUT2D eigenvalue weighted by atomic mass is 10.00. The first-order valence-corrected chi connectivity index (χ1v) is 7.68. The molecule has 0 fully saturated rings. The van der Waals surface area contributed by atoms with Crippen molar-refractivity contribution in [3.8, 4) is 17.3 Å². The second-order valence-corrected chi connectivity index (χ2v) is 6.33. The number of hydrogen-bond acceptors (Lipinski definition) is 2. The minimum absolute atomic E-state index is 0.197. The molecule has 0 radical (unpaired) electrons. The van der Waals surface area contributed by atoms with Gasteiger partial charge in [0.15, 0.2) is 0 Å². The summed E-state index contributed by atoms with van der Waals surface area (Å²) in [4.78, 5) is 12.4. The molecule has 0 amide bonds. The van der Waals surface area contributed by atoms with Crippen LogP contribution in [0.1, 0.15) is 44.7 Å². The van der Waals surface area contributed by atoms with Crippen LogP contribution >= 0.6 is 0 Å². The predicted molar refractivity (Wildman–Crippen MR) is 89.8 cm³/mol. The Kier molecular flexibility index (Phi) is 4.82. The van der Waals surface area contributed by atoms with E-state index in [9.17, 15) is 4.79 Å². The summed E-state index contributed by atoms with van der Waals surface area (Å²) in [6.07, 6.45) is 0. The highest BCUT2D eigenvalue weighted by molar-refractivity contribution is 5.61. The zero-order valence-corrected chi connectivity index (χ0v) is 13.6. The van der Waals surface area contributed by atoms with Gasteiger partial charge in [-0.05, 0) is 35.1 Å². The Morgan fingerprint density at radius 2 is 1.68 bits per heavy atom. The van der Waals surface area contributed by atoms with Gasteiger partial charge in [0.2, 0.25) is 0 Å². The van der Waals surface area contributed by atoms with Crippen LogP contribution in [0.15, 0.2) is 41.2 Å². The molecule has 0 aliphatic carbocycles. The molecule has 114 valence electrons. The van der Waals surface area contributed by atoms with E-state index in [4.69, 9.17) is 5.26 Å². The molecular weight excluding hydrogens is 272 g/mol. The largest absolute Gasteiger partial charge is 0.307 e. The van der Waals surface area contributed by atoms with Crippen LogP contribution < -0.4 is 5.56 Å². The third-order valence-electron chi connectivity index (χ3n) is 3.72.